The van der Waals surface area contributed by atoms with Crippen molar-refractivity contribution in [3.05, 3.63) is 72.1 Å². The fourth-order valence-corrected chi connectivity index (χ4v) is 3.87. The number of imidazole rings is 1. The van der Waals surface area contributed by atoms with Crippen LogP contribution in [0.2, 0.25) is 0 Å². The number of nitrogens with one attached hydrogen (secondary N) is 1. The van der Waals surface area contributed by atoms with Gasteiger partial charge in [0.25, 0.3) is 0 Å². The summed E-state index contributed by atoms with van der Waals surface area (Å²) in [5.74, 6) is 1.08. The molecule has 4 heteroatoms. The van der Waals surface area contributed by atoms with E-state index >= 15 is 0 Å². The second-order valence-corrected chi connectivity index (χ2v) is 8.07. The number of hydrogen-bond donors (Lipinski definition) is 1. The Hall–Kier alpha value is -2.88. The van der Waals surface area contributed by atoms with Gasteiger partial charge in [0.1, 0.15) is 5.82 Å². The molecule has 0 radical (unpaired) electrons. The van der Waals surface area contributed by atoms with E-state index in [1.807, 2.05) is 42.5 Å². The molecule has 0 saturated carbocycles. The molecule has 2 aromatic carbocycles. The molecule has 0 fully saturated rings. The minimum atomic E-state index is -0.0514. The monoisotopic (exact) mass is 417 g/mol. The van der Waals surface area contributed by atoms with Crippen molar-refractivity contribution < 1.29 is 4.79 Å². The molecule has 1 aromatic heterocycles. The predicted octanol–water partition coefficient (Wildman–Crippen LogP) is 6.16. The Morgan fingerprint density at radius 3 is 2.52 bits per heavy atom. The lowest BCUT2D eigenvalue weighted by molar-refractivity contribution is -0.116. The van der Waals surface area contributed by atoms with Crippen molar-refractivity contribution in [3.8, 4) is 0 Å². The van der Waals surface area contributed by atoms with E-state index in [4.69, 9.17) is 4.98 Å². The van der Waals surface area contributed by atoms with Gasteiger partial charge in [0.05, 0.1) is 11.0 Å². The molecule has 0 saturated heterocycles. The number of unbranched alkanes of at least 4 members (excludes halogenated alkanes) is 5. The Labute approximate surface area is 186 Å². The smallest absolute Gasteiger partial charge is 0.243 e. The van der Waals surface area contributed by atoms with E-state index in [1.165, 1.54) is 44.0 Å². The van der Waals surface area contributed by atoms with Crippen molar-refractivity contribution in [2.75, 3.05) is 6.54 Å². The molecule has 0 unspecified atom stereocenters. The molecule has 0 bridgehead atoms. The first-order valence-electron chi connectivity index (χ1n) is 11.7. The van der Waals surface area contributed by atoms with Crippen LogP contribution in [-0.2, 0) is 17.8 Å². The Morgan fingerprint density at radius 1 is 0.935 bits per heavy atom. The number of hydrogen-bond acceptors (Lipinski definition) is 2. The van der Waals surface area contributed by atoms with Crippen molar-refractivity contribution in [3.63, 3.8) is 0 Å². The van der Waals surface area contributed by atoms with E-state index in [-0.39, 0.29) is 5.91 Å². The molecule has 1 amide bonds. The molecule has 0 aliphatic heterocycles. The molecular formula is C27H35N3O. The quantitative estimate of drug-likeness (QED) is 0.267. The van der Waals surface area contributed by atoms with Crippen molar-refractivity contribution in [2.45, 2.75) is 64.8 Å². The summed E-state index contributed by atoms with van der Waals surface area (Å²) in [4.78, 5) is 16.9. The largest absolute Gasteiger partial charge is 0.353 e. The fraction of sp³-hybridized carbons (Fsp3) is 0.407. The van der Waals surface area contributed by atoms with E-state index in [1.54, 1.807) is 6.08 Å². The molecule has 0 spiro atoms. The van der Waals surface area contributed by atoms with Crippen LogP contribution in [0.5, 0.6) is 0 Å². The minimum absolute atomic E-state index is 0.0514. The molecule has 3 rings (SSSR count). The third-order valence-electron chi connectivity index (χ3n) is 5.57. The lowest BCUT2D eigenvalue weighted by Crippen LogP contribution is -2.22. The van der Waals surface area contributed by atoms with E-state index in [0.29, 0.717) is 6.54 Å². The summed E-state index contributed by atoms with van der Waals surface area (Å²) in [7, 11) is 0. The number of fused-ring (bicyclic) bond motifs is 1. The van der Waals surface area contributed by atoms with Gasteiger partial charge in [-0.2, -0.15) is 0 Å². The number of amides is 1. The van der Waals surface area contributed by atoms with Gasteiger partial charge >= 0.3 is 0 Å². The molecule has 4 nitrogen and oxygen atoms in total. The van der Waals surface area contributed by atoms with Crippen LogP contribution in [0.3, 0.4) is 0 Å². The summed E-state index contributed by atoms with van der Waals surface area (Å²) < 4.78 is 2.38. The second-order valence-electron chi connectivity index (χ2n) is 8.07. The van der Waals surface area contributed by atoms with Crippen LogP contribution >= 0.6 is 0 Å². The summed E-state index contributed by atoms with van der Waals surface area (Å²) >= 11 is 0. The first-order chi connectivity index (χ1) is 15.3. The van der Waals surface area contributed by atoms with Crippen molar-refractivity contribution >= 4 is 23.0 Å². The van der Waals surface area contributed by atoms with Crippen LogP contribution in [0, 0.1) is 0 Å². The third-order valence-corrected chi connectivity index (χ3v) is 5.57. The third kappa shape index (κ3) is 7.39. The zero-order chi connectivity index (χ0) is 21.7. The molecule has 1 heterocycles. The average molecular weight is 418 g/mol. The van der Waals surface area contributed by atoms with Crippen LogP contribution in [0.15, 0.2) is 60.7 Å². The Morgan fingerprint density at radius 2 is 1.68 bits per heavy atom. The normalized spacial score (nSPS) is 11.4. The van der Waals surface area contributed by atoms with Crippen LogP contribution in [-0.4, -0.2) is 22.0 Å². The lowest BCUT2D eigenvalue weighted by Gasteiger charge is -2.10. The number of para-hydroxylation sites is 2. The number of benzene rings is 2. The van der Waals surface area contributed by atoms with Gasteiger partial charge in [-0.1, -0.05) is 81.5 Å². The van der Waals surface area contributed by atoms with Gasteiger partial charge in [-0.25, -0.2) is 4.98 Å². The molecular weight excluding hydrogens is 382 g/mol. The maximum absolute atomic E-state index is 12.1. The van der Waals surface area contributed by atoms with E-state index in [9.17, 15) is 4.79 Å². The average Bonchev–Trinajstić information content (AvgIpc) is 3.15. The number of aryl methyl sites for hydroxylation is 2. The number of aromatic nitrogens is 2. The Bertz CT molecular complexity index is 959. The molecule has 0 atom stereocenters. The highest BCUT2D eigenvalue weighted by Gasteiger charge is 2.10. The molecule has 1 N–H and O–H groups in total. The fourth-order valence-electron chi connectivity index (χ4n) is 3.87. The minimum Gasteiger partial charge on any atom is -0.353 e. The Balaban J connectivity index is 1.48. The highest BCUT2D eigenvalue weighted by Crippen LogP contribution is 2.18. The Kier molecular flexibility index (Phi) is 9.36. The molecule has 0 aliphatic carbocycles. The maximum atomic E-state index is 12.1. The summed E-state index contributed by atoms with van der Waals surface area (Å²) in [5, 5.41) is 2.99. The van der Waals surface area contributed by atoms with Crippen molar-refractivity contribution in [1.29, 1.82) is 0 Å². The summed E-state index contributed by atoms with van der Waals surface area (Å²) in [6, 6.07) is 18.3. The van der Waals surface area contributed by atoms with Crippen LogP contribution < -0.4 is 5.32 Å². The van der Waals surface area contributed by atoms with E-state index < -0.39 is 0 Å². The molecule has 3 aromatic rings. The van der Waals surface area contributed by atoms with Gasteiger partial charge in [-0.3, -0.25) is 4.79 Å². The number of rotatable bonds is 13. The van der Waals surface area contributed by atoms with E-state index in [2.05, 4.69) is 35.0 Å². The summed E-state index contributed by atoms with van der Waals surface area (Å²) in [5.41, 5.74) is 3.32. The standard InChI is InChI=1S/C27H35N3O/c1-2-3-4-5-6-12-22-30-25-17-11-10-16-24(25)29-26(30)18-13-21-28-27(31)20-19-23-14-8-7-9-15-23/h7-11,14-17,19-20H,2-6,12-13,18,21-22H2,1H3,(H,28,31)/b20-19+. The van der Waals surface area contributed by atoms with Gasteiger partial charge < -0.3 is 9.88 Å². The van der Waals surface area contributed by atoms with Crippen molar-refractivity contribution in [1.82, 2.24) is 14.9 Å². The molecule has 0 aliphatic rings. The number of carbonyl (C=O) groups is 1. The van der Waals surface area contributed by atoms with Crippen LogP contribution in [0.1, 0.15) is 63.3 Å². The first kappa shape index (κ1) is 22.8. The first-order valence-corrected chi connectivity index (χ1v) is 11.7. The van der Waals surface area contributed by atoms with Gasteiger partial charge in [-0.05, 0) is 36.6 Å². The SMILES string of the molecule is CCCCCCCCn1c(CCCNC(=O)/C=C/c2ccccc2)nc2ccccc21. The topological polar surface area (TPSA) is 46.9 Å². The summed E-state index contributed by atoms with van der Waals surface area (Å²) in [6.07, 6.45) is 12.9. The van der Waals surface area contributed by atoms with Gasteiger partial charge in [-0.15, -0.1) is 0 Å². The lowest BCUT2D eigenvalue weighted by atomic mass is 10.1. The number of nitrogens with zero attached hydrogens (tertiary/aromatic N) is 2. The number of carbonyl (C=O) groups excluding carboxylic acids is 1. The van der Waals surface area contributed by atoms with E-state index in [0.717, 1.165) is 36.3 Å². The van der Waals surface area contributed by atoms with Gasteiger partial charge in [0, 0.05) is 25.6 Å². The van der Waals surface area contributed by atoms with Gasteiger partial charge in [0.15, 0.2) is 0 Å². The second kappa shape index (κ2) is 12.7. The zero-order valence-electron chi connectivity index (χ0n) is 18.7. The summed E-state index contributed by atoms with van der Waals surface area (Å²) in [6.45, 7) is 3.93. The van der Waals surface area contributed by atoms with Gasteiger partial charge in [0.2, 0.25) is 5.91 Å². The zero-order valence-corrected chi connectivity index (χ0v) is 18.7. The maximum Gasteiger partial charge on any atom is 0.243 e. The van der Waals surface area contributed by atoms with Crippen molar-refractivity contribution in [2.24, 2.45) is 0 Å². The highest BCUT2D eigenvalue weighted by molar-refractivity contribution is 5.91. The highest BCUT2D eigenvalue weighted by atomic mass is 16.1. The molecule has 164 valence electrons. The van der Waals surface area contributed by atoms with Crippen LogP contribution in [0.25, 0.3) is 17.1 Å². The van der Waals surface area contributed by atoms with Crippen LogP contribution in [0.4, 0.5) is 0 Å². The predicted molar refractivity (Wildman–Crippen MR) is 130 cm³/mol. The molecule has 31 heavy (non-hydrogen) atoms.